The summed E-state index contributed by atoms with van der Waals surface area (Å²) in [5.41, 5.74) is 11.5. The van der Waals surface area contributed by atoms with Gasteiger partial charge in [0.15, 0.2) is 0 Å². The van der Waals surface area contributed by atoms with Gasteiger partial charge in [-0.2, -0.15) is 0 Å². The normalized spacial score (nSPS) is 11.8. The predicted octanol–water partition coefficient (Wildman–Crippen LogP) is 2.75. The Bertz CT molecular complexity index is 1090. The molecule has 2 rings (SSSR count). The van der Waals surface area contributed by atoms with Crippen molar-refractivity contribution in [2.75, 3.05) is 0 Å². The van der Waals surface area contributed by atoms with Gasteiger partial charge in [-0.15, -0.1) is 4.79 Å². The molecule has 0 saturated heterocycles. The number of nitrogens with zero attached hydrogens (tertiary/aromatic N) is 2. The molecule has 0 saturated carbocycles. The Morgan fingerprint density at radius 2 is 1.40 bits per heavy atom. The molecule has 0 bridgehead atoms. The lowest BCUT2D eigenvalue weighted by Crippen LogP contribution is -2.27. The molecule has 0 amide bonds. The van der Waals surface area contributed by atoms with Gasteiger partial charge in [0, 0.05) is 0 Å². The van der Waals surface area contributed by atoms with Gasteiger partial charge in [-0.1, -0.05) is 29.8 Å². The van der Waals surface area contributed by atoms with Crippen LogP contribution >= 0.6 is 0 Å². The lowest BCUT2D eigenvalue weighted by molar-refractivity contribution is 0.00379. The highest BCUT2D eigenvalue weighted by atomic mass is 32.3. The summed E-state index contributed by atoms with van der Waals surface area (Å²) in [5.74, 6) is 0. The average molecular weight is 378 g/mol. The summed E-state index contributed by atoms with van der Waals surface area (Å²) in [6, 6.07) is 9.02. The maximum atomic E-state index is 13.0. The van der Waals surface area contributed by atoms with Crippen LogP contribution in [0.5, 0.6) is 0 Å². The smallest absolute Gasteiger partial charge is 0.359 e. The molecule has 0 aliphatic carbocycles. The van der Waals surface area contributed by atoms with Crippen molar-refractivity contribution in [2.45, 2.75) is 37.5 Å². The van der Waals surface area contributed by atoms with Crippen molar-refractivity contribution in [3.8, 4) is 0 Å². The van der Waals surface area contributed by atoms with Gasteiger partial charge >= 0.3 is 4.38 Å². The summed E-state index contributed by atoms with van der Waals surface area (Å²) in [4.78, 5) is 2.25. The molecule has 0 radical (unpaired) electrons. The van der Waals surface area contributed by atoms with Gasteiger partial charge in [-0.05, 0) is 56.5 Å². The Labute approximate surface area is 147 Å². The molecule has 2 aromatic rings. The molecule has 0 spiro atoms. The van der Waals surface area contributed by atoms with Crippen LogP contribution in [0.25, 0.3) is 5.53 Å². The van der Waals surface area contributed by atoms with Crippen LogP contribution in [0.4, 0.5) is 0 Å². The van der Waals surface area contributed by atoms with Crippen LogP contribution in [0.2, 0.25) is 0 Å². The van der Waals surface area contributed by atoms with Crippen LogP contribution in [0.1, 0.15) is 22.3 Å². The fourth-order valence-corrected chi connectivity index (χ4v) is 6.66. The maximum Gasteiger partial charge on any atom is 0.504 e. The highest BCUT2D eigenvalue weighted by molar-refractivity contribution is 8.31. The third kappa shape index (κ3) is 3.42. The van der Waals surface area contributed by atoms with E-state index in [0.717, 1.165) is 5.56 Å². The first-order valence-corrected chi connectivity index (χ1v) is 10.3. The van der Waals surface area contributed by atoms with Gasteiger partial charge < -0.3 is 5.53 Å². The van der Waals surface area contributed by atoms with Crippen molar-refractivity contribution < 1.29 is 21.6 Å². The number of hydrogen-bond acceptors (Lipinski definition) is 4. The Hall–Kier alpha value is -2.28. The topological polar surface area (TPSA) is 105 Å². The van der Waals surface area contributed by atoms with Crippen LogP contribution in [-0.2, 0) is 19.7 Å². The van der Waals surface area contributed by atoms with Crippen molar-refractivity contribution >= 4 is 24.1 Å². The monoisotopic (exact) mass is 378 g/mol. The van der Waals surface area contributed by atoms with E-state index in [2.05, 4.69) is 4.79 Å². The molecule has 8 heteroatoms. The second-order valence-electron chi connectivity index (χ2n) is 5.92. The number of sulfone groups is 2. The zero-order valence-electron chi connectivity index (χ0n) is 14.3. The van der Waals surface area contributed by atoms with E-state index in [1.54, 1.807) is 45.9 Å². The number of hydrogen-bond donors (Lipinski definition) is 0. The van der Waals surface area contributed by atoms with Gasteiger partial charge in [-0.25, -0.2) is 16.8 Å². The molecule has 132 valence electrons. The lowest BCUT2D eigenvalue weighted by atomic mass is 10.1. The van der Waals surface area contributed by atoms with Gasteiger partial charge in [0.05, 0.1) is 9.79 Å². The molecule has 6 nitrogen and oxygen atoms in total. The molecule has 25 heavy (non-hydrogen) atoms. The van der Waals surface area contributed by atoms with Crippen LogP contribution in [0.15, 0.2) is 46.2 Å². The molecular weight excluding hydrogens is 360 g/mol. The lowest BCUT2D eigenvalue weighted by Gasteiger charge is -2.10. The molecule has 0 aliphatic heterocycles. The predicted molar refractivity (Wildman–Crippen MR) is 94.8 cm³/mol. The zero-order valence-corrected chi connectivity index (χ0v) is 15.9. The Balaban J connectivity index is 2.76. The van der Waals surface area contributed by atoms with Crippen LogP contribution in [0.3, 0.4) is 0 Å². The molecule has 0 aromatic heterocycles. The highest BCUT2D eigenvalue weighted by Gasteiger charge is 2.45. The summed E-state index contributed by atoms with van der Waals surface area (Å²) in [6.45, 7) is 6.63. The fraction of sp³-hybridized carbons (Fsp3) is 0.235. The summed E-state index contributed by atoms with van der Waals surface area (Å²) >= 11 is 0. The van der Waals surface area contributed by atoms with Crippen molar-refractivity contribution in [2.24, 2.45) is 0 Å². The van der Waals surface area contributed by atoms with E-state index in [4.69, 9.17) is 0 Å². The van der Waals surface area contributed by atoms with E-state index in [1.165, 1.54) is 18.2 Å². The number of aryl methyl sites for hydroxylation is 4. The highest BCUT2D eigenvalue weighted by Crippen LogP contribution is 2.27. The minimum atomic E-state index is -4.54. The van der Waals surface area contributed by atoms with Crippen LogP contribution in [0, 0.1) is 27.7 Å². The quantitative estimate of drug-likeness (QED) is 0.347. The molecule has 0 N–H and O–H groups in total. The van der Waals surface area contributed by atoms with Crippen molar-refractivity contribution in [3.63, 3.8) is 0 Å². The second-order valence-corrected chi connectivity index (χ2v) is 9.84. The summed E-state index contributed by atoms with van der Waals surface area (Å²) in [5, 5.41) is 0. The summed E-state index contributed by atoms with van der Waals surface area (Å²) in [7, 11) is -9.05. The SMILES string of the molecule is Cc1cccc(S(=O)(=O)C(=[N+]=[N-])S(=O)(=O)c2c(C)cc(C)cc2C)c1. The first kappa shape index (κ1) is 19.1. The maximum absolute atomic E-state index is 13.0. The largest absolute Gasteiger partial charge is 0.504 e. The molecule has 0 unspecified atom stereocenters. The average Bonchev–Trinajstić information content (AvgIpc) is 2.45. The van der Waals surface area contributed by atoms with Crippen molar-refractivity contribution in [3.05, 3.63) is 64.2 Å². The second kappa shape index (κ2) is 6.55. The minimum absolute atomic E-state index is 0.165. The Morgan fingerprint density at radius 3 is 1.88 bits per heavy atom. The first-order valence-electron chi connectivity index (χ1n) is 7.38. The molecular formula is C17H18N2O4S2. The van der Waals surface area contributed by atoms with Gasteiger partial charge in [0.2, 0.25) is 0 Å². The molecule has 0 fully saturated rings. The Kier molecular flexibility index (Phi) is 4.99. The fourth-order valence-electron chi connectivity index (χ4n) is 2.81. The van der Waals surface area contributed by atoms with E-state index >= 15 is 0 Å². The standard InChI is InChI=1S/C17H18N2O4S2/c1-11-6-5-7-15(10-11)24(20,21)17(19-18)25(22,23)16-13(3)8-12(2)9-14(16)4/h5-10H,1-4H3. The van der Waals surface area contributed by atoms with E-state index in [-0.39, 0.29) is 9.79 Å². The van der Waals surface area contributed by atoms with Crippen molar-refractivity contribution in [1.82, 2.24) is 0 Å². The van der Waals surface area contributed by atoms with Gasteiger partial charge in [-0.3, -0.25) is 0 Å². The molecule has 0 aliphatic rings. The number of benzene rings is 2. The van der Waals surface area contributed by atoms with Gasteiger partial charge in [0.25, 0.3) is 19.7 Å². The summed E-state index contributed by atoms with van der Waals surface area (Å²) in [6.07, 6.45) is 0. The molecule has 2 aromatic carbocycles. The van der Waals surface area contributed by atoms with E-state index < -0.39 is 24.1 Å². The number of rotatable bonds is 2. The first-order chi connectivity index (χ1) is 11.5. The van der Waals surface area contributed by atoms with Gasteiger partial charge in [0.1, 0.15) is 0 Å². The third-order valence-electron chi connectivity index (χ3n) is 3.71. The molecule has 0 atom stereocenters. The van der Waals surface area contributed by atoms with E-state index in [9.17, 15) is 22.4 Å². The van der Waals surface area contributed by atoms with Crippen molar-refractivity contribution in [1.29, 1.82) is 0 Å². The minimum Gasteiger partial charge on any atom is -0.359 e. The zero-order chi connectivity index (χ0) is 19.0. The van der Waals surface area contributed by atoms with E-state index in [0.29, 0.717) is 16.7 Å². The Morgan fingerprint density at radius 1 is 0.840 bits per heavy atom. The van der Waals surface area contributed by atoms with Crippen LogP contribution < -0.4 is 0 Å². The third-order valence-corrected chi connectivity index (χ3v) is 8.17. The van der Waals surface area contributed by atoms with E-state index in [1.807, 2.05) is 0 Å². The molecule has 0 heterocycles. The van der Waals surface area contributed by atoms with Crippen LogP contribution in [-0.4, -0.2) is 26.0 Å². The summed E-state index contributed by atoms with van der Waals surface area (Å²) < 4.78 is 50.1.